The largest absolute Gasteiger partial charge is 0.435 e. The predicted octanol–water partition coefficient (Wildman–Crippen LogP) is 25.7. The van der Waals surface area contributed by atoms with Gasteiger partial charge in [0, 0.05) is 152 Å². The molecule has 0 aliphatic carbocycles. The first-order valence-electron chi connectivity index (χ1n) is 44.5. The van der Waals surface area contributed by atoms with Crippen LogP contribution >= 0.6 is 0 Å². The zero-order valence-corrected chi connectivity index (χ0v) is 76.4. The summed E-state index contributed by atoms with van der Waals surface area (Å²) in [5.41, 5.74) is 28.1. The van der Waals surface area contributed by atoms with Crippen molar-refractivity contribution in [3.8, 4) is 0 Å². The number of furan rings is 5. The minimum absolute atomic E-state index is 0.143. The molecule has 0 bridgehead atoms. The first-order valence-corrected chi connectivity index (χ1v) is 44.0. The lowest BCUT2D eigenvalue weighted by atomic mass is 10.1. The second-order valence-electron chi connectivity index (χ2n) is 35.1. The molecule has 22 heteroatoms. The fourth-order valence-electron chi connectivity index (χ4n) is 19.5. The molecular formula is C105H109N17O5. The lowest BCUT2D eigenvalue weighted by molar-refractivity contribution is 0.263. The van der Waals surface area contributed by atoms with Crippen LogP contribution in [0.4, 0.5) is 62.8 Å². The van der Waals surface area contributed by atoms with Gasteiger partial charge in [-0.05, 0) is 251 Å². The van der Waals surface area contributed by atoms with Gasteiger partial charge in [0.25, 0.3) is 0 Å². The molecule has 644 valence electrons. The van der Waals surface area contributed by atoms with Gasteiger partial charge in [-0.25, -0.2) is 34.9 Å². The third kappa shape index (κ3) is 13.8. The molecule has 23 rings (SSSR count). The summed E-state index contributed by atoms with van der Waals surface area (Å²) in [4.78, 5) is 54.6. The van der Waals surface area contributed by atoms with Crippen molar-refractivity contribution in [1.29, 1.82) is 0 Å². The average molecular weight is 1690 g/mol. The maximum atomic E-state index is 8.65. The highest BCUT2D eigenvalue weighted by Gasteiger charge is 2.42. The van der Waals surface area contributed by atoms with E-state index in [2.05, 4.69) is 348 Å². The average Bonchev–Trinajstić information content (AvgIpc) is 1.56. The molecule has 127 heavy (non-hydrogen) atoms. The van der Waals surface area contributed by atoms with Crippen molar-refractivity contribution in [2.75, 3.05) is 53.3 Å². The van der Waals surface area contributed by atoms with Gasteiger partial charge in [-0.3, -0.25) is 4.90 Å². The van der Waals surface area contributed by atoms with Crippen LogP contribution in [0.25, 0.3) is 110 Å². The number of nitrogens with zero attached hydrogens (tertiary/aromatic N) is 17. The summed E-state index contributed by atoms with van der Waals surface area (Å²) >= 11 is 0. The monoisotopic (exact) mass is 1690 g/mol. The Kier molecular flexibility index (Phi) is 20.5. The van der Waals surface area contributed by atoms with Crippen LogP contribution < -0.4 is 39.2 Å². The van der Waals surface area contributed by atoms with Crippen LogP contribution in [-0.2, 0) is 0 Å². The zero-order chi connectivity index (χ0) is 89.6. The fourth-order valence-corrected chi connectivity index (χ4v) is 19.5. The highest BCUT2D eigenvalue weighted by Crippen LogP contribution is 2.53. The van der Waals surface area contributed by atoms with Crippen LogP contribution in [0.3, 0.4) is 0 Å². The Morgan fingerprint density at radius 2 is 0.654 bits per heavy atom. The van der Waals surface area contributed by atoms with Crippen molar-refractivity contribution in [3.05, 3.63) is 264 Å². The van der Waals surface area contributed by atoms with Gasteiger partial charge in [-0.2, -0.15) is 0 Å². The molecule has 0 radical (unpaired) electrons. The van der Waals surface area contributed by atoms with Crippen molar-refractivity contribution in [3.63, 3.8) is 0 Å². The van der Waals surface area contributed by atoms with Gasteiger partial charge in [0.05, 0.1) is 52.6 Å². The fraction of sp³-hybridized carbons (Fsp3) is 0.286. The summed E-state index contributed by atoms with van der Waals surface area (Å²) in [6, 6.07) is 59.2. The van der Waals surface area contributed by atoms with Gasteiger partial charge >= 0.3 is 0 Å². The van der Waals surface area contributed by atoms with Gasteiger partial charge in [0.2, 0.25) is 28.6 Å². The molecule has 5 aliphatic rings. The van der Waals surface area contributed by atoms with Crippen LogP contribution in [-0.4, -0.2) is 108 Å². The molecule has 5 aliphatic heterocycles. The summed E-state index contributed by atoms with van der Waals surface area (Å²) in [5.74, 6) is 1.44. The van der Waals surface area contributed by atoms with Crippen LogP contribution in [0.1, 0.15) is 128 Å². The minimum atomic E-state index is -0.851. The highest BCUT2D eigenvalue weighted by atomic mass is 16.4. The molecule has 22 nitrogen and oxygen atoms in total. The Morgan fingerprint density at radius 3 is 1.07 bits per heavy atom. The topological polar surface area (TPSA) is 188 Å². The number of aromatic nitrogens is 7. The lowest BCUT2D eigenvalue weighted by Crippen LogP contribution is -2.42. The van der Waals surface area contributed by atoms with Gasteiger partial charge in [0.15, 0.2) is 39.6 Å². The zero-order valence-electron chi connectivity index (χ0n) is 77.4. The summed E-state index contributed by atoms with van der Waals surface area (Å²) < 4.78 is 39.8. The number of benzene rings is 7. The number of aryl methyl sites for hydroxylation is 9. The summed E-state index contributed by atoms with van der Waals surface area (Å²) in [6.07, 6.45) is 14.4. The molecule has 18 aromatic rings. The standard InChI is InChI=1S/C24H25N3O.C22H21N3O.C21H21N5O.C20H23N3O.C18H19N3O/c1-14(2)26-17(5)27(21-9-7-6-8-20(21)26)22-15(3)10-12-18-19-13-11-16(4)25-24(19)28-23(18)22;1-13-9-11-16-17-12-10-14(2)23-22(17)26-21(16)20(13)25-15(3)24(4)18-7-5-6-8-19(18)25;1-12(2)25-14(4)26(20-19(25)22-10-11-23-20)17-13(3)7-8-15-16-6-5-9-24-21(16)27-18(15)17;1-12(2)22-10-11-23(15(22)5)18-13(3)6-8-16-17-9-7-14(4)21-20(17)24-19(16)18;1-11-5-7-14-15-8-6-12(2)19-18(15)22-17(14)16(11)21-10-9-20(4)13(21)3/h6-14,17H,1-5H3;5-12,15H,1-4H3;5-12,14H,1-4H3;6-12,15H,1-5H3;5-10,13H,1-4H3/i;;12D;;. The Morgan fingerprint density at radius 1 is 0.299 bits per heavy atom. The minimum Gasteiger partial charge on any atom is -0.435 e. The van der Waals surface area contributed by atoms with E-state index < -0.39 is 6.02 Å². The number of hydrogen-bond acceptors (Lipinski definition) is 22. The number of para-hydroxylation sites is 4. The SMILES string of the molecule is Cc1ccc2c(n1)oc1c(N3C=CN(C(C)C)C3C)c(C)ccc12.Cc1ccc2c(n1)oc1c(N3C=CN(C)C3C)c(C)ccc12.Cc1ccc2c(n1)oc1c(N3c4ccccc4N(C(C)C)C3C)c(C)ccc12.Cc1ccc2c(n1)oc1c(N3c4ccccc4N(C)C3C)c(C)ccc12.[2H]C(C)(C)N1c2nccnc2N(c2c(C)ccc3c2oc2ncccc23)C1C. The van der Waals surface area contributed by atoms with E-state index >= 15 is 0 Å². The smallest absolute Gasteiger partial charge is 0.227 e. The molecule has 5 unspecified atom stereocenters. The Labute approximate surface area is 741 Å². The third-order valence-corrected chi connectivity index (χ3v) is 26.0. The Hall–Kier alpha value is -14.2. The highest BCUT2D eigenvalue weighted by molar-refractivity contribution is 6.14. The van der Waals surface area contributed by atoms with Crippen molar-refractivity contribution in [2.24, 2.45) is 0 Å². The maximum Gasteiger partial charge on any atom is 0.227 e. The predicted molar refractivity (Wildman–Crippen MR) is 520 cm³/mol. The Bertz CT molecular complexity index is 7480. The van der Waals surface area contributed by atoms with Crippen LogP contribution in [0, 0.1) is 62.3 Å². The van der Waals surface area contributed by atoms with Crippen LogP contribution in [0.5, 0.6) is 0 Å². The Balaban J connectivity index is 0.000000104. The number of fused-ring (bicyclic) bond motifs is 18. The normalized spacial score (nSPS) is 17.3. The van der Waals surface area contributed by atoms with Gasteiger partial charge in [-0.1, -0.05) is 84.9 Å². The third-order valence-electron chi connectivity index (χ3n) is 26.0. The van der Waals surface area contributed by atoms with E-state index in [4.69, 9.17) is 23.5 Å². The van der Waals surface area contributed by atoms with Gasteiger partial charge in [0.1, 0.15) is 30.8 Å². The molecule has 7 aromatic carbocycles. The lowest BCUT2D eigenvalue weighted by Gasteiger charge is -2.33. The molecule has 0 amide bonds. The number of hydrogen-bond donors (Lipinski definition) is 0. The number of anilines is 11. The van der Waals surface area contributed by atoms with Crippen molar-refractivity contribution >= 4 is 173 Å². The molecule has 0 spiro atoms. The first kappa shape index (κ1) is 81.2. The van der Waals surface area contributed by atoms with E-state index in [0.717, 1.165) is 144 Å². The molecule has 11 aromatic heterocycles. The van der Waals surface area contributed by atoms with Crippen LogP contribution in [0.15, 0.2) is 235 Å². The first-order chi connectivity index (χ1) is 61.4. The molecule has 0 saturated carbocycles. The second-order valence-corrected chi connectivity index (χ2v) is 35.1. The van der Waals surface area contributed by atoms with Crippen molar-refractivity contribution < 1.29 is 23.5 Å². The van der Waals surface area contributed by atoms with Crippen molar-refractivity contribution in [1.82, 2.24) is 44.7 Å². The van der Waals surface area contributed by atoms with E-state index in [-0.39, 0.29) is 30.8 Å². The molecule has 5 atom stereocenters. The maximum absolute atomic E-state index is 8.65. The second kappa shape index (κ2) is 32.1. The van der Waals surface area contributed by atoms with Gasteiger partial charge < -0.3 is 66.2 Å². The molecule has 0 N–H and O–H groups in total. The van der Waals surface area contributed by atoms with E-state index in [1.165, 1.54) is 45.0 Å². The van der Waals surface area contributed by atoms with E-state index in [0.29, 0.717) is 46.5 Å². The quantitative estimate of drug-likeness (QED) is 0.140. The summed E-state index contributed by atoms with van der Waals surface area (Å²) in [7, 11) is 4.22. The van der Waals surface area contributed by atoms with Crippen LogP contribution in [0.2, 0.25) is 0 Å². The van der Waals surface area contributed by atoms with E-state index in [1.807, 2.05) is 82.8 Å². The number of pyridine rings is 5. The summed E-state index contributed by atoms with van der Waals surface area (Å²) in [5, 5.41) is 10.8. The molecule has 16 heterocycles. The van der Waals surface area contributed by atoms with E-state index in [9.17, 15) is 0 Å². The summed E-state index contributed by atoms with van der Waals surface area (Å²) in [6.45, 7) is 42.2. The molecule has 0 fully saturated rings. The number of rotatable bonds is 8. The van der Waals surface area contributed by atoms with Crippen molar-refractivity contribution in [2.45, 2.75) is 187 Å². The van der Waals surface area contributed by atoms with Gasteiger partial charge in [-0.15, -0.1) is 0 Å². The van der Waals surface area contributed by atoms with E-state index in [1.54, 1.807) is 18.6 Å². The molecular weight excluding hydrogens is 1580 g/mol. The molecule has 0 saturated heterocycles.